The van der Waals surface area contributed by atoms with Crippen molar-refractivity contribution in [3.05, 3.63) is 71.4 Å². The van der Waals surface area contributed by atoms with E-state index in [-0.39, 0.29) is 5.41 Å². The van der Waals surface area contributed by atoms with Gasteiger partial charge in [-0.1, -0.05) is 63.2 Å². The standard InChI is InChI=1S/C22H28N2/c1-22(2,3)18-11-9-16(10-12-18)13-17(14-23)20-15-24(4)21-8-6-5-7-19(20)21/h5-12,15,17H,13-14,23H2,1-4H3. The van der Waals surface area contributed by atoms with Crippen molar-refractivity contribution in [1.82, 2.24) is 4.57 Å². The van der Waals surface area contributed by atoms with E-state index in [4.69, 9.17) is 5.73 Å². The Kier molecular flexibility index (Phi) is 4.51. The van der Waals surface area contributed by atoms with Crippen LogP contribution in [-0.2, 0) is 18.9 Å². The van der Waals surface area contributed by atoms with Crippen molar-refractivity contribution in [2.45, 2.75) is 38.5 Å². The third-order valence-corrected chi connectivity index (χ3v) is 4.95. The number of rotatable bonds is 4. The van der Waals surface area contributed by atoms with E-state index in [0.717, 1.165) is 6.42 Å². The molecule has 1 heterocycles. The summed E-state index contributed by atoms with van der Waals surface area (Å²) in [7, 11) is 2.11. The fraction of sp³-hybridized carbons (Fsp3) is 0.364. The van der Waals surface area contributed by atoms with Gasteiger partial charge in [0.2, 0.25) is 0 Å². The zero-order valence-electron chi connectivity index (χ0n) is 15.2. The van der Waals surface area contributed by atoms with Gasteiger partial charge in [-0.05, 0) is 41.1 Å². The van der Waals surface area contributed by atoms with Gasteiger partial charge in [-0.25, -0.2) is 0 Å². The Labute approximate surface area is 145 Å². The predicted octanol–water partition coefficient (Wildman–Crippen LogP) is 4.76. The average molecular weight is 320 g/mol. The van der Waals surface area contributed by atoms with Crippen LogP contribution in [0.5, 0.6) is 0 Å². The molecule has 0 aliphatic heterocycles. The van der Waals surface area contributed by atoms with Crippen molar-refractivity contribution >= 4 is 10.9 Å². The monoisotopic (exact) mass is 320 g/mol. The highest BCUT2D eigenvalue weighted by Gasteiger charge is 2.17. The van der Waals surface area contributed by atoms with Gasteiger partial charge in [-0.2, -0.15) is 0 Å². The van der Waals surface area contributed by atoms with E-state index < -0.39 is 0 Å². The number of nitrogens with zero attached hydrogens (tertiary/aromatic N) is 1. The van der Waals surface area contributed by atoms with Gasteiger partial charge in [0, 0.05) is 30.1 Å². The second-order valence-corrected chi connectivity index (χ2v) is 7.80. The number of benzene rings is 2. The van der Waals surface area contributed by atoms with Crippen LogP contribution in [0.1, 0.15) is 43.4 Å². The summed E-state index contributed by atoms with van der Waals surface area (Å²) in [4.78, 5) is 0. The summed E-state index contributed by atoms with van der Waals surface area (Å²) in [5.41, 5.74) is 11.7. The number of hydrogen-bond donors (Lipinski definition) is 1. The van der Waals surface area contributed by atoms with E-state index >= 15 is 0 Å². The average Bonchev–Trinajstić information content (AvgIpc) is 2.90. The molecule has 0 aliphatic rings. The molecule has 2 nitrogen and oxygen atoms in total. The molecular weight excluding hydrogens is 292 g/mol. The van der Waals surface area contributed by atoms with Gasteiger partial charge in [0.25, 0.3) is 0 Å². The van der Waals surface area contributed by atoms with Crippen molar-refractivity contribution in [2.24, 2.45) is 12.8 Å². The summed E-state index contributed by atoms with van der Waals surface area (Å²) < 4.78 is 2.20. The third-order valence-electron chi connectivity index (χ3n) is 4.95. The highest BCUT2D eigenvalue weighted by Crippen LogP contribution is 2.30. The number of aryl methyl sites for hydroxylation is 1. The minimum atomic E-state index is 0.196. The largest absolute Gasteiger partial charge is 0.350 e. The minimum absolute atomic E-state index is 0.196. The zero-order chi connectivity index (χ0) is 17.3. The molecule has 3 aromatic rings. The molecule has 0 fully saturated rings. The van der Waals surface area contributed by atoms with E-state index in [2.05, 4.69) is 87.1 Å². The Morgan fingerprint density at radius 1 is 1.00 bits per heavy atom. The lowest BCUT2D eigenvalue weighted by Gasteiger charge is -2.20. The number of para-hydroxylation sites is 1. The normalized spacial score (nSPS) is 13.4. The molecule has 1 aromatic heterocycles. The molecule has 126 valence electrons. The molecule has 0 aliphatic carbocycles. The maximum atomic E-state index is 6.14. The summed E-state index contributed by atoms with van der Waals surface area (Å²) in [6.45, 7) is 7.41. The van der Waals surface area contributed by atoms with E-state index in [9.17, 15) is 0 Å². The van der Waals surface area contributed by atoms with E-state index in [0.29, 0.717) is 12.5 Å². The molecule has 2 aromatic carbocycles. The lowest BCUT2D eigenvalue weighted by Crippen LogP contribution is -2.15. The first-order valence-corrected chi connectivity index (χ1v) is 8.73. The van der Waals surface area contributed by atoms with Crippen LogP contribution < -0.4 is 5.73 Å². The van der Waals surface area contributed by atoms with Crippen LogP contribution in [0.15, 0.2) is 54.7 Å². The Morgan fingerprint density at radius 2 is 1.67 bits per heavy atom. The second kappa shape index (κ2) is 6.45. The molecule has 0 amide bonds. The molecule has 2 N–H and O–H groups in total. The smallest absolute Gasteiger partial charge is 0.0480 e. The van der Waals surface area contributed by atoms with E-state index in [1.807, 2.05) is 0 Å². The SMILES string of the molecule is Cn1cc(C(CN)Cc2ccc(C(C)(C)C)cc2)c2ccccc21. The molecule has 2 heteroatoms. The fourth-order valence-corrected chi connectivity index (χ4v) is 3.44. The van der Waals surface area contributed by atoms with E-state index in [1.54, 1.807) is 0 Å². The first-order chi connectivity index (χ1) is 11.4. The van der Waals surface area contributed by atoms with Gasteiger partial charge in [-0.15, -0.1) is 0 Å². The fourth-order valence-electron chi connectivity index (χ4n) is 3.44. The Morgan fingerprint density at radius 3 is 2.29 bits per heavy atom. The molecule has 0 saturated carbocycles. The number of aromatic nitrogens is 1. The molecule has 1 atom stereocenters. The van der Waals surface area contributed by atoms with E-state index in [1.165, 1.54) is 27.6 Å². The van der Waals surface area contributed by atoms with Gasteiger partial charge in [0.05, 0.1) is 0 Å². The lowest BCUT2D eigenvalue weighted by atomic mass is 9.85. The molecular formula is C22H28N2. The van der Waals surface area contributed by atoms with Crippen LogP contribution >= 0.6 is 0 Å². The molecule has 0 bridgehead atoms. The number of hydrogen-bond acceptors (Lipinski definition) is 1. The lowest BCUT2D eigenvalue weighted by molar-refractivity contribution is 0.589. The van der Waals surface area contributed by atoms with Gasteiger partial charge < -0.3 is 10.3 Å². The number of nitrogens with two attached hydrogens (primary N) is 1. The topological polar surface area (TPSA) is 30.9 Å². The van der Waals surface area contributed by atoms with Crippen LogP contribution in [-0.4, -0.2) is 11.1 Å². The molecule has 3 rings (SSSR count). The Hall–Kier alpha value is -2.06. The summed E-state index contributed by atoms with van der Waals surface area (Å²) in [5.74, 6) is 0.344. The number of fused-ring (bicyclic) bond motifs is 1. The van der Waals surface area contributed by atoms with Crippen LogP contribution in [0.25, 0.3) is 10.9 Å². The zero-order valence-corrected chi connectivity index (χ0v) is 15.2. The van der Waals surface area contributed by atoms with Crippen molar-refractivity contribution < 1.29 is 0 Å². The maximum absolute atomic E-state index is 6.14. The van der Waals surface area contributed by atoms with Gasteiger partial charge in [0.1, 0.15) is 0 Å². The van der Waals surface area contributed by atoms with Crippen LogP contribution in [0.2, 0.25) is 0 Å². The van der Waals surface area contributed by atoms with Crippen LogP contribution in [0.3, 0.4) is 0 Å². The Balaban J connectivity index is 1.89. The minimum Gasteiger partial charge on any atom is -0.350 e. The summed E-state index contributed by atoms with van der Waals surface area (Å²) in [6.07, 6.45) is 3.22. The molecule has 24 heavy (non-hydrogen) atoms. The van der Waals surface area contributed by atoms with Gasteiger partial charge in [0.15, 0.2) is 0 Å². The van der Waals surface area contributed by atoms with Crippen molar-refractivity contribution in [2.75, 3.05) is 6.54 Å². The highest BCUT2D eigenvalue weighted by molar-refractivity contribution is 5.84. The molecule has 0 radical (unpaired) electrons. The van der Waals surface area contributed by atoms with Gasteiger partial charge >= 0.3 is 0 Å². The van der Waals surface area contributed by atoms with Crippen molar-refractivity contribution in [1.29, 1.82) is 0 Å². The first-order valence-electron chi connectivity index (χ1n) is 8.73. The molecule has 0 saturated heterocycles. The summed E-state index contributed by atoms with van der Waals surface area (Å²) in [5, 5.41) is 1.32. The van der Waals surface area contributed by atoms with Crippen molar-refractivity contribution in [3.8, 4) is 0 Å². The van der Waals surface area contributed by atoms with Crippen LogP contribution in [0, 0.1) is 0 Å². The summed E-state index contributed by atoms with van der Waals surface area (Å²) >= 11 is 0. The third kappa shape index (κ3) is 3.25. The first kappa shape index (κ1) is 16.8. The predicted molar refractivity (Wildman–Crippen MR) is 104 cm³/mol. The quantitative estimate of drug-likeness (QED) is 0.738. The molecule has 1 unspecified atom stereocenters. The van der Waals surface area contributed by atoms with Crippen LogP contribution in [0.4, 0.5) is 0 Å². The van der Waals surface area contributed by atoms with Gasteiger partial charge in [-0.3, -0.25) is 0 Å². The van der Waals surface area contributed by atoms with Crippen molar-refractivity contribution in [3.63, 3.8) is 0 Å². The highest BCUT2D eigenvalue weighted by atomic mass is 14.9. The summed E-state index contributed by atoms with van der Waals surface area (Å²) in [6, 6.07) is 17.6. The molecule has 0 spiro atoms. The maximum Gasteiger partial charge on any atom is 0.0480 e. The Bertz CT molecular complexity index is 819. The second-order valence-electron chi connectivity index (χ2n) is 7.80.